The van der Waals surface area contributed by atoms with Crippen LogP contribution in [-0.4, -0.2) is 6.61 Å². The summed E-state index contributed by atoms with van der Waals surface area (Å²) in [6.45, 7) is 0.431. The van der Waals surface area contributed by atoms with Gasteiger partial charge < -0.3 is 4.74 Å². The third kappa shape index (κ3) is 4.15. The van der Waals surface area contributed by atoms with E-state index in [1.54, 1.807) is 0 Å². The van der Waals surface area contributed by atoms with Crippen LogP contribution in [0.15, 0.2) is 66.5 Å². The Morgan fingerprint density at radius 3 is 2.22 bits per heavy atom. The van der Waals surface area contributed by atoms with Crippen LogP contribution < -0.4 is 0 Å². The third-order valence-electron chi connectivity index (χ3n) is 2.47. The predicted octanol–water partition coefficient (Wildman–Crippen LogP) is 4.21. The zero-order valence-corrected chi connectivity index (χ0v) is 10.1. The molecule has 18 heavy (non-hydrogen) atoms. The van der Waals surface area contributed by atoms with Gasteiger partial charge in [0.2, 0.25) is 0 Å². The minimum Gasteiger partial charge on any atom is -0.370 e. The van der Waals surface area contributed by atoms with Crippen molar-refractivity contribution in [2.45, 2.75) is 6.61 Å². The highest BCUT2D eigenvalue weighted by molar-refractivity contribution is 5.50. The molecule has 0 amide bonds. The van der Waals surface area contributed by atoms with Gasteiger partial charge >= 0.3 is 0 Å². The number of benzene rings is 2. The highest BCUT2D eigenvalue weighted by atomic mass is 19.1. The highest BCUT2D eigenvalue weighted by Gasteiger charge is 1.97. The number of hydrogen-bond acceptors (Lipinski definition) is 1. The van der Waals surface area contributed by atoms with Gasteiger partial charge in [-0.05, 0) is 17.2 Å². The molecular formula is C16H15FO. The van der Waals surface area contributed by atoms with Gasteiger partial charge in [-0.1, -0.05) is 60.7 Å². The second-order valence-electron chi connectivity index (χ2n) is 3.98. The molecule has 1 nitrogen and oxygen atoms in total. The van der Waals surface area contributed by atoms with E-state index in [1.807, 2.05) is 60.7 Å². The number of halogens is 1. The van der Waals surface area contributed by atoms with Crippen molar-refractivity contribution in [2.24, 2.45) is 0 Å². The first-order chi connectivity index (χ1) is 8.84. The number of rotatable bonds is 5. The van der Waals surface area contributed by atoms with E-state index in [1.165, 1.54) is 6.08 Å². The van der Waals surface area contributed by atoms with Crippen molar-refractivity contribution in [1.82, 2.24) is 0 Å². The number of hydrogen-bond donors (Lipinski definition) is 0. The van der Waals surface area contributed by atoms with Gasteiger partial charge in [-0.2, -0.15) is 0 Å². The minimum atomic E-state index is -0.267. The van der Waals surface area contributed by atoms with Crippen molar-refractivity contribution < 1.29 is 9.13 Å². The Kier molecular flexibility index (Phi) is 4.68. The van der Waals surface area contributed by atoms with E-state index in [-0.39, 0.29) is 12.4 Å². The molecule has 0 aromatic heterocycles. The average Bonchev–Trinajstić information content (AvgIpc) is 2.41. The molecule has 0 aliphatic rings. The fourth-order valence-electron chi connectivity index (χ4n) is 1.61. The summed E-state index contributed by atoms with van der Waals surface area (Å²) in [5, 5.41) is 0. The molecule has 0 heterocycles. The van der Waals surface area contributed by atoms with Crippen molar-refractivity contribution in [1.29, 1.82) is 0 Å². The topological polar surface area (TPSA) is 9.23 Å². The molecule has 0 radical (unpaired) electrons. The van der Waals surface area contributed by atoms with E-state index in [2.05, 4.69) is 0 Å². The second-order valence-corrected chi connectivity index (χ2v) is 3.98. The molecule has 0 fully saturated rings. The largest absolute Gasteiger partial charge is 0.370 e. The van der Waals surface area contributed by atoms with Crippen molar-refractivity contribution in [2.75, 3.05) is 6.61 Å². The van der Waals surface area contributed by atoms with Gasteiger partial charge in [0.25, 0.3) is 0 Å². The summed E-state index contributed by atoms with van der Waals surface area (Å²) in [5.41, 5.74) is 1.89. The van der Waals surface area contributed by atoms with E-state index >= 15 is 0 Å². The Bertz CT molecular complexity index is 491. The molecule has 0 aliphatic carbocycles. The first-order valence-corrected chi connectivity index (χ1v) is 5.87. The molecule has 0 saturated heterocycles. The molecule has 0 unspecified atom stereocenters. The zero-order chi connectivity index (χ0) is 12.6. The quantitative estimate of drug-likeness (QED) is 0.763. The molecule has 2 aromatic rings. The number of ether oxygens (including phenoxy) is 1. The summed E-state index contributed by atoms with van der Waals surface area (Å²) >= 11 is 0. The molecule has 2 aromatic carbocycles. The molecule has 0 atom stereocenters. The lowest BCUT2D eigenvalue weighted by atomic mass is 10.2. The average molecular weight is 242 g/mol. The Morgan fingerprint density at radius 1 is 0.944 bits per heavy atom. The van der Waals surface area contributed by atoms with Gasteiger partial charge in [-0.15, -0.1) is 0 Å². The van der Waals surface area contributed by atoms with E-state index < -0.39 is 0 Å². The Morgan fingerprint density at radius 2 is 1.56 bits per heavy atom. The van der Waals surface area contributed by atoms with Crippen LogP contribution in [-0.2, 0) is 11.3 Å². The van der Waals surface area contributed by atoms with Crippen LogP contribution >= 0.6 is 0 Å². The molecular weight excluding hydrogens is 227 g/mol. The third-order valence-corrected chi connectivity index (χ3v) is 2.47. The lowest BCUT2D eigenvalue weighted by Gasteiger charge is -2.02. The molecule has 2 rings (SSSR count). The van der Waals surface area contributed by atoms with Gasteiger partial charge in [0.1, 0.15) is 5.83 Å². The Hall–Kier alpha value is -1.93. The summed E-state index contributed by atoms with van der Waals surface area (Å²) in [6, 6.07) is 19.1. The monoisotopic (exact) mass is 242 g/mol. The fourth-order valence-corrected chi connectivity index (χ4v) is 1.61. The normalized spacial score (nSPS) is 11.5. The van der Waals surface area contributed by atoms with Crippen LogP contribution in [0.3, 0.4) is 0 Å². The van der Waals surface area contributed by atoms with E-state index in [4.69, 9.17) is 4.74 Å². The first kappa shape index (κ1) is 12.5. The highest BCUT2D eigenvalue weighted by Crippen LogP contribution is 2.09. The summed E-state index contributed by atoms with van der Waals surface area (Å²) in [6.07, 6.45) is 1.49. The minimum absolute atomic E-state index is 0.00376. The van der Waals surface area contributed by atoms with Gasteiger partial charge in [0.05, 0.1) is 13.2 Å². The molecule has 0 saturated carbocycles. The van der Waals surface area contributed by atoms with E-state index in [0.717, 1.165) is 11.1 Å². The van der Waals surface area contributed by atoms with Crippen LogP contribution in [0.1, 0.15) is 11.1 Å². The molecule has 0 spiro atoms. The smallest absolute Gasteiger partial charge is 0.126 e. The van der Waals surface area contributed by atoms with Gasteiger partial charge in [0.15, 0.2) is 0 Å². The molecule has 92 valence electrons. The second kappa shape index (κ2) is 6.72. The van der Waals surface area contributed by atoms with Crippen LogP contribution in [0.2, 0.25) is 0 Å². The van der Waals surface area contributed by atoms with Gasteiger partial charge in [-0.25, -0.2) is 4.39 Å². The van der Waals surface area contributed by atoms with Crippen molar-refractivity contribution in [3.05, 3.63) is 77.6 Å². The van der Waals surface area contributed by atoms with Gasteiger partial charge in [-0.3, -0.25) is 0 Å². The van der Waals surface area contributed by atoms with Crippen molar-refractivity contribution in [3.8, 4) is 0 Å². The molecule has 2 heteroatoms. The zero-order valence-electron chi connectivity index (χ0n) is 10.1. The summed E-state index contributed by atoms with van der Waals surface area (Å²) < 4.78 is 18.8. The van der Waals surface area contributed by atoms with Crippen molar-refractivity contribution >= 4 is 6.08 Å². The Balaban J connectivity index is 1.82. The van der Waals surface area contributed by atoms with Crippen LogP contribution in [0.25, 0.3) is 6.08 Å². The van der Waals surface area contributed by atoms with E-state index in [0.29, 0.717) is 6.61 Å². The fraction of sp³-hybridized carbons (Fsp3) is 0.125. The maximum atomic E-state index is 13.5. The van der Waals surface area contributed by atoms with Crippen LogP contribution in [0, 0.1) is 0 Å². The summed E-state index contributed by atoms with van der Waals surface area (Å²) in [7, 11) is 0. The summed E-state index contributed by atoms with van der Waals surface area (Å²) in [5.74, 6) is -0.267. The Labute approximate surface area is 107 Å². The lowest BCUT2D eigenvalue weighted by molar-refractivity contribution is 0.130. The SMILES string of the molecule is F/C(=C/c1ccccc1)COCc1ccccc1. The lowest BCUT2D eigenvalue weighted by Crippen LogP contribution is -1.95. The molecule has 0 bridgehead atoms. The van der Waals surface area contributed by atoms with Gasteiger partial charge in [0, 0.05) is 0 Å². The van der Waals surface area contributed by atoms with Crippen LogP contribution in [0.4, 0.5) is 4.39 Å². The maximum absolute atomic E-state index is 13.5. The molecule has 0 N–H and O–H groups in total. The molecule has 0 aliphatic heterocycles. The van der Waals surface area contributed by atoms with Crippen LogP contribution in [0.5, 0.6) is 0 Å². The predicted molar refractivity (Wildman–Crippen MR) is 71.6 cm³/mol. The van der Waals surface area contributed by atoms with E-state index in [9.17, 15) is 4.39 Å². The standard InChI is InChI=1S/C16H15FO/c17-16(11-14-7-3-1-4-8-14)13-18-12-15-9-5-2-6-10-15/h1-11H,12-13H2/b16-11+. The van der Waals surface area contributed by atoms with Crippen molar-refractivity contribution in [3.63, 3.8) is 0 Å². The first-order valence-electron chi connectivity index (χ1n) is 5.87. The maximum Gasteiger partial charge on any atom is 0.126 e. The summed E-state index contributed by atoms with van der Waals surface area (Å²) in [4.78, 5) is 0.